The number of hydrogen-bond acceptors (Lipinski definition) is 5. The molecule has 1 aliphatic rings. The summed E-state index contributed by atoms with van der Waals surface area (Å²) >= 11 is 7.72. The van der Waals surface area contributed by atoms with Crippen LogP contribution in [0.1, 0.15) is 16.8 Å². The maximum Gasteiger partial charge on any atom is 0.254 e. The Morgan fingerprint density at radius 2 is 2.44 bits per heavy atom. The number of halogens is 1. The highest BCUT2D eigenvalue weighted by atomic mass is 35.5. The molecule has 3 N–H and O–H groups in total. The van der Waals surface area contributed by atoms with E-state index in [4.69, 9.17) is 17.4 Å². The largest absolute Gasteiger partial charge is 0.338 e. The molecule has 7 heteroatoms. The van der Waals surface area contributed by atoms with E-state index in [9.17, 15) is 4.79 Å². The Bertz CT molecular complexity index is 451. The van der Waals surface area contributed by atoms with Gasteiger partial charge < -0.3 is 10.3 Å². The highest BCUT2D eigenvalue weighted by Crippen LogP contribution is 2.23. The van der Waals surface area contributed by atoms with Crippen LogP contribution in [-0.4, -0.2) is 40.4 Å². The summed E-state index contributed by atoms with van der Waals surface area (Å²) in [4.78, 5) is 18.0. The van der Waals surface area contributed by atoms with Crippen molar-refractivity contribution in [2.75, 3.05) is 24.0 Å². The number of nitrogens with two attached hydrogens (primary N) is 1. The second-order valence-corrected chi connectivity index (χ2v) is 5.68. The average Bonchev–Trinajstić information content (AvgIpc) is 2.90. The number of nitrogen functional groups attached to an aromatic ring is 1. The number of rotatable bonds is 3. The highest BCUT2D eigenvalue weighted by molar-refractivity contribution is 7.99. The van der Waals surface area contributed by atoms with Crippen molar-refractivity contribution in [2.45, 2.75) is 12.5 Å². The lowest BCUT2D eigenvalue weighted by Crippen LogP contribution is -2.37. The number of aromatic nitrogens is 1. The fraction of sp³-hybridized carbons (Fsp3) is 0.455. The summed E-state index contributed by atoms with van der Waals surface area (Å²) in [6.45, 7) is 0. The van der Waals surface area contributed by atoms with Gasteiger partial charge in [-0.05, 0) is 24.3 Å². The molecule has 0 spiro atoms. The van der Waals surface area contributed by atoms with Crippen LogP contribution < -0.4 is 11.3 Å². The third kappa shape index (κ3) is 2.88. The van der Waals surface area contributed by atoms with Gasteiger partial charge in [-0.3, -0.25) is 4.79 Å². The van der Waals surface area contributed by atoms with Gasteiger partial charge in [0.05, 0.1) is 0 Å². The van der Waals surface area contributed by atoms with Crippen LogP contribution in [0.4, 0.5) is 5.82 Å². The second-order valence-electron chi connectivity index (χ2n) is 4.14. The topological polar surface area (TPSA) is 71.2 Å². The number of carbonyl (C=O) groups is 1. The maximum absolute atomic E-state index is 12.3. The molecule has 18 heavy (non-hydrogen) atoms. The van der Waals surface area contributed by atoms with Gasteiger partial charge in [0.15, 0.2) is 0 Å². The highest BCUT2D eigenvalue weighted by Gasteiger charge is 2.25. The summed E-state index contributed by atoms with van der Waals surface area (Å²) in [5.74, 6) is 7.72. The molecule has 2 heterocycles. The molecule has 0 saturated carbocycles. The van der Waals surface area contributed by atoms with Gasteiger partial charge >= 0.3 is 0 Å². The first-order valence-corrected chi connectivity index (χ1v) is 7.14. The minimum Gasteiger partial charge on any atom is -0.338 e. The van der Waals surface area contributed by atoms with E-state index >= 15 is 0 Å². The average molecular weight is 287 g/mol. The first-order valence-electron chi connectivity index (χ1n) is 5.61. The molecule has 5 nitrogen and oxygen atoms in total. The van der Waals surface area contributed by atoms with Crippen molar-refractivity contribution in [1.29, 1.82) is 0 Å². The van der Waals surface area contributed by atoms with Crippen LogP contribution >= 0.6 is 23.4 Å². The van der Waals surface area contributed by atoms with Crippen molar-refractivity contribution in [3.05, 3.63) is 22.8 Å². The Morgan fingerprint density at radius 3 is 3.06 bits per heavy atom. The molecule has 1 fully saturated rings. The summed E-state index contributed by atoms with van der Waals surface area (Å²) in [6, 6.07) is 3.46. The molecule has 1 amide bonds. The summed E-state index contributed by atoms with van der Waals surface area (Å²) in [6.07, 6.45) is 1.04. The predicted molar refractivity (Wildman–Crippen MR) is 74.9 cm³/mol. The molecule has 0 radical (unpaired) electrons. The van der Waals surface area contributed by atoms with Gasteiger partial charge in [-0.25, -0.2) is 10.8 Å². The number of anilines is 1. The normalized spacial score (nSPS) is 18.7. The van der Waals surface area contributed by atoms with Crippen LogP contribution in [0.25, 0.3) is 0 Å². The molecule has 1 saturated heterocycles. The van der Waals surface area contributed by atoms with Gasteiger partial charge in [0.25, 0.3) is 5.91 Å². The van der Waals surface area contributed by atoms with E-state index in [-0.39, 0.29) is 11.1 Å². The van der Waals surface area contributed by atoms with Crippen LogP contribution in [0.15, 0.2) is 12.1 Å². The van der Waals surface area contributed by atoms with Gasteiger partial charge in [-0.2, -0.15) is 11.8 Å². The van der Waals surface area contributed by atoms with E-state index in [0.717, 1.165) is 17.9 Å². The summed E-state index contributed by atoms with van der Waals surface area (Å²) < 4.78 is 0. The van der Waals surface area contributed by atoms with Crippen molar-refractivity contribution in [3.8, 4) is 0 Å². The first-order chi connectivity index (χ1) is 8.61. The summed E-state index contributed by atoms with van der Waals surface area (Å²) in [5.41, 5.74) is 2.90. The zero-order valence-corrected chi connectivity index (χ0v) is 11.6. The van der Waals surface area contributed by atoms with E-state index in [1.807, 2.05) is 18.8 Å². The molecule has 1 atom stereocenters. The van der Waals surface area contributed by atoms with Crippen LogP contribution in [0.5, 0.6) is 0 Å². The van der Waals surface area contributed by atoms with Crippen molar-refractivity contribution in [2.24, 2.45) is 5.84 Å². The summed E-state index contributed by atoms with van der Waals surface area (Å²) in [5, 5.41) is 0.253. The molecular weight excluding hydrogens is 272 g/mol. The zero-order chi connectivity index (χ0) is 13.1. The SMILES string of the molecule is CN(C(=O)c1cc(Cl)nc(NN)c1)C1CCSC1. The van der Waals surface area contributed by atoms with Gasteiger partial charge in [-0.1, -0.05) is 11.6 Å². The minimum absolute atomic E-state index is 0.0525. The molecule has 1 unspecified atom stereocenters. The van der Waals surface area contributed by atoms with Gasteiger partial charge in [0.2, 0.25) is 0 Å². The number of carbonyl (C=O) groups excluding carboxylic acids is 1. The number of pyridine rings is 1. The Balaban J connectivity index is 2.19. The Labute approximate surface area is 115 Å². The van der Waals surface area contributed by atoms with Crippen molar-refractivity contribution >= 4 is 35.1 Å². The number of hydrogen-bond donors (Lipinski definition) is 2. The smallest absolute Gasteiger partial charge is 0.254 e. The van der Waals surface area contributed by atoms with E-state index in [1.54, 1.807) is 17.0 Å². The lowest BCUT2D eigenvalue weighted by Gasteiger charge is -2.24. The minimum atomic E-state index is -0.0525. The number of hydrazine groups is 1. The van der Waals surface area contributed by atoms with Crippen LogP contribution in [0.3, 0.4) is 0 Å². The fourth-order valence-corrected chi connectivity index (χ4v) is 3.37. The lowest BCUT2D eigenvalue weighted by molar-refractivity contribution is 0.0748. The number of thioether (sulfide) groups is 1. The molecule has 0 bridgehead atoms. The predicted octanol–water partition coefficient (Wildman–Crippen LogP) is 1.60. The Morgan fingerprint density at radius 1 is 1.67 bits per heavy atom. The van der Waals surface area contributed by atoms with Crippen molar-refractivity contribution < 1.29 is 4.79 Å². The van der Waals surface area contributed by atoms with Gasteiger partial charge in [0.1, 0.15) is 11.0 Å². The molecule has 0 aliphatic carbocycles. The zero-order valence-electron chi connectivity index (χ0n) is 10.0. The van der Waals surface area contributed by atoms with Crippen molar-refractivity contribution in [3.63, 3.8) is 0 Å². The standard InChI is InChI=1S/C11H15ClN4OS/c1-16(8-2-3-18-6-8)11(17)7-4-9(12)14-10(5-7)15-13/h4-5,8H,2-3,6,13H2,1H3,(H,14,15). The molecule has 1 aromatic heterocycles. The van der Waals surface area contributed by atoms with Crippen molar-refractivity contribution in [1.82, 2.24) is 9.88 Å². The number of amides is 1. The Hall–Kier alpha value is -0.980. The fourth-order valence-electron chi connectivity index (χ4n) is 1.89. The molecular formula is C11H15ClN4OS. The number of nitrogens with zero attached hydrogens (tertiary/aromatic N) is 2. The van der Waals surface area contributed by atoms with Gasteiger partial charge in [-0.15, -0.1) is 0 Å². The second kappa shape index (κ2) is 5.77. The van der Waals surface area contributed by atoms with E-state index < -0.39 is 0 Å². The molecule has 2 rings (SSSR count). The molecule has 98 valence electrons. The monoisotopic (exact) mass is 286 g/mol. The van der Waals surface area contributed by atoms with Gasteiger partial charge in [0, 0.05) is 24.4 Å². The third-order valence-electron chi connectivity index (χ3n) is 2.96. The maximum atomic E-state index is 12.3. The first kappa shape index (κ1) is 13.5. The summed E-state index contributed by atoms with van der Waals surface area (Å²) in [7, 11) is 1.82. The molecule has 1 aliphatic heterocycles. The molecule has 1 aromatic rings. The molecule has 0 aromatic carbocycles. The van der Waals surface area contributed by atoms with E-state index in [1.165, 1.54) is 0 Å². The third-order valence-corrected chi connectivity index (χ3v) is 4.30. The lowest BCUT2D eigenvalue weighted by atomic mass is 10.2. The van der Waals surface area contributed by atoms with Crippen LogP contribution in [-0.2, 0) is 0 Å². The Kier molecular flexibility index (Phi) is 4.31. The quantitative estimate of drug-likeness (QED) is 0.502. The number of nitrogens with one attached hydrogen (secondary N) is 1. The van der Waals surface area contributed by atoms with Crippen LogP contribution in [0.2, 0.25) is 5.15 Å². The van der Waals surface area contributed by atoms with E-state index in [0.29, 0.717) is 17.4 Å². The van der Waals surface area contributed by atoms with E-state index in [2.05, 4.69) is 10.4 Å². The van der Waals surface area contributed by atoms with Crippen LogP contribution in [0, 0.1) is 0 Å².